The normalized spacial score (nSPS) is 16.4. The van der Waals surface area contributed by atoms with Crippen molar-refractivity contribution in [1.82, 2.24) is 15.5 Å². The number of carbonyl (C=O) groups excluding carboxylic acids is 2. The molecule has 2 unspecified atom stereocenters. The van der Waals surface area contributed by atoms with Crippen LogP contribution in [0.2, 0.25) is 5.02 Å². The molecule has 0 spiro atoms. The Balaban J connectivity index is 1.69. The van der Waals surface area contributed by atoms with Crippen LogP contribution in [-0.2, 0) is 11.2 Å². The summed E-state index contributed by atoms with van der Waals surface area (Å²) in [4.78, 5) is 26.4. The van der Waals surface area contributed by atoms with E-state index in [1.54, 1.807) is 32.3 Å². The summed E-state index contributed by atoms with van der Waals surface area (Å²) in [6.07, 6.45) is -4.40. The van der Waals surface area contributed by atoms with E-state index in [0.29, 0.717) is 22.6 Å². The van der Waals surface area contributed by atoms with Crippen LogP contribution >= 0.6 is 11.6 Å². The number of rotatable bonds is 10. The summed E-state index contributed by atoms with van der Waals surface area (Å²) in [6, 6.07) is 10.2. The van der Waals surface area contributed by atoms with Gasteiger partial charge < -0.3 is 15.5 Å². The second kappa shape index (κ2) is 11.2. The summed E-state index contributed by atoms with van der Waals surface area (Å²) >= 11 is 5.91. The molecule has 1 aliphatic carbocycles. The van der Waals surface area contributed by atoms with Crippen molar-refractivity contribution in [2.24, 2.45) is 5.41 Å². The molecule has 36 heavy (non-hydrogen) atoms. The lowest BCUT2D eigenvalue weighted by Crippen LogP contribution is -2.42. The second-order valence-corrected chi connectivity index (χ2v) is 9.92. The Morgan fingerprint density at radius 1 is 1.11 bits per heavy atom. The van der Waals surface area contributed by atoms with E-state index in [9.17, 15) is 27.2 Å². The van der Waals surface area contributed by atoms with Crippen molar-refractivity contribution in [1.29, 1.82) is 0 Å². The van der Waals surface area contributed by atoms with E-state index in [4.69, 9.17) is 11.6 Å². The minimum atomic E-state index is -4.42. The zero-order chi connectivity index (χ0) is 26.7. The number of carbonyl (C=O) groups is 2. The molecule has 10 heteroatoms. The predicted molar refractivity (Wildman–Crippen MR) is 131 cm³/mol. The van der Waals surface area contributed by atoms with E-state index in [0.717, 1.165) is 0 Å². The first-order valence-electron chi connectivity index (χ1n) is 11.6. The van der Waals surface area contributed by atoms with E-state index in [1.807, 2.05) is 4.90 Å². The van der Waals surface area contributed by atoms with Gasteiger partial charge in [0.2, 0.25) is 5.91 Å². The van der Waals surface area contributed by atoms with Crippen molar-refractivity contribution in [3.8, 4) is 0 Å². The van der Waals surface area contributed by atoms with Gasteiger partial charge in [0.05, 0.1) is 11.0 Å². The summed E-state index contributed by atoms with van der Waals surface area (Å²) in [5.74, 6) is -2.68. The van der Waals surface area contributed by atoms with Gasteiger partial charge in [-0.25, -0.2) is 4.39 Å². The number of hydrogen-bond donors (Lipinski definition) is 2. The fraction of sp³-hybridized carbons (Fsp3) is 0.462. The summed E-state index contributed by atoms with van der Waals surface area (Å²) in [5.41, 5.74) is -0.923. The maximum atomic E-state index is 14.4. The lowest BCUT2D eigenvalue weighted by atomic mass is 9.80. The second-order valence-electron chi connectivity index (χ2n) is 9.48. The SMILES string of the molecule is CNC(=O)c1ccc(CC(CNC(=O)CC(c2ccc(Cl)cc2)C2(C(F)(F)F)CC2)N(C)C)cc1F. The maximum Gasteiger partial charge on any atom is 0.395 e. The van der Waals surface area contributed by atoms with Gasteiger partial charge in [-0.05, 0) is 68.8 Å². The van der Waals surface area contributed by atoms with Crippen LogP contribution in [0.5, 0.6) is 0 Å². The number of nitrogens with zero attached hydrogens (tertiary/aromatic N) is 1. The molecule has 0 heterocycles. The minimum Gasteiger partial charge on any atom is -0.355 e. The number of alkyl halides is 3. The molecule has 196 valence electrons. The highest BCUT2D eigenvalue weighted by Gasteiger charge is 2.67. The monoisotopic (exact) mass is 527 g/mol. The number of nitrogens with one attached hydrogen (secondary N) is 2. The molecule has 3 rings (SSSR count). The zero-order valence-corrected chi connectivity index (χ0v) is 21.1. The van der Waals surface area contributed by atoms with Gasteiger partial charge in [0.15, 0.2) is 0 Å². The molecule has 0 bridgehead atoms. The van der Waals surface area contributed by atoms with Crippen LogP contribution in [0.25, 0.3) is 0 Å². The van der Waals surface area contributed by atoms with Crippen molar-refractivity contribution in [2.45, 2.75) is 43.8 Å². The van der Waals surface area contributed by atoms with E-state index in [1.165, 1.54) is 31.3 Å². The summed E-state index contributed by atoms with van der Waals surface area (Å²) in [6.45, 7) is 0.164. The van der Waals surface area contributed by atoms with Crippen molar-refractivity contribution in [2.75, 3.05) is 27.7 Å². The molecule has 2 aromatic carbocycles. The topological polar surface area (TPSA) is 61.4 Å². The molecule has 2 amide bonds. The molecular formula is C26H30ClF4N3O2. The summed E-state index contributed by atoms with van der Waals surface area (Å²) < 4.78 is 56.2. The van der Waals surface area contributed by atoms with Gasteiger partial charge in [-0.2, -0.15) is 13.2 Å². The molecule has 2 N–H and O–H groups in total. The lowest BCUT2D eigenvalue weighted by molar-refractivity contribution is -0.194. The van der Waals surface area contributed by atoms with Crippen LogP contribution in [0.3, 0.4) is 0 Å². The van der Waals surface area contributed by atoms with Crippen LogP contribution < -0.4 is 10.6 Å². The average molecular weight is 528 g/mol. The molecule has 5 nitrogen and oxygen atoms in total. The average Bonchev–Trinajstić information content (AvgIpc) is 3.62. The van der Waals surface area contributed by atoms with Crippen LogP contribution in [0.1, 0.15) is 46.7 Å². The molecular weight excluding hydrogens is 498 g/mol. The van der Waals surface area contributed by atoms with Crippen LogP contribution in [0.15, 0.2) is 42.5 Å². The first-order chi connectivity index (χ1) is 16.9. The molecule has 0 saturated heterocycles. The Bertz CT molecular complexity index is 1090. The fourth-order valence-electron chi connectivity index (χ4n) is 4.49. The summed E-state index contributed by atoms with van der Waals surface area (Å²) in [7, 11) is 5.01. The molecule has 1 fully saturated rings. The van der Waals surface area contributed by atoms with E-state index >= 15 is 0 Å². The third-order valence-electron chi connectivity index (χ3n) is 6.92. The molecule has 1 aliphatic rings. The Morgan fingerprint density at radius 3 is 2.25 bits per heavy atom. The number of amides is 2. The molecule has 0 aliphatic heterocycles. The smallest absolute Gasteiger partial charge is 0.355 e. The molecule has 2 aromatic rings. The summed E-state index contributed by atoms with van der Waals surface area (Å²) in [5, 5.41) is 5.55. The van der Waals surface area contributed by atoms with Gasteiger partial charge in [-0.3, -0.25) is 9.59 Å². The lowest BCUT2D eigenvalue weighted by Gasteiger charge is -2.30. The van der Waals surface area contributed by atoms with Gasteiger partial charge in [0, 0.05) is 37.0 Å². The highest BCUT2D eigenvalue weighted by molar-refractivity contribution is 6.30. The Hall–Kier alpha value is -2.65. The van der Waals surface area contributed by atoms with E-state index < -0.39 is 35.1 Å². The third kappa shape index (κ3) is 6.37. The molecule has 0 aromatic heterocycles. The van der Waals surface area contributed by atoms with E-state index in [-0.39, 0.29) is 37.4 Å². The first kappa shape index (κ1) is 27.9. The van der Waals surface area contributed by atoms with Crippen molar-refractivity contribution < 1.29 is 27.2 Å². The van der Waals surface area contributed by atoms with Gasteiger partial charge in [-0.15, -0.1) is 0 Å². The number of hydrogen-bond acceptors (Lipinski definition) is 3. The van der Waals surface area contributed by atoms with Crippen LogP contribution in [-0.4, -0.2) is 56.6 Å². The highest BCUT2D eigenvalue weighted by Crippen LogP contribution is 2.66. The van der Waals surface area contributed by atoms with Gasteiger partial charge in [0.1, 0.15) is 5.82 Å². The number of likely N-dealkylation sites (N-methyl/N-ethyl adjacent to an activating group) is 1. The largest absolute Gasteiger partial charge is 0.395 e. The highest BCUT2D eigenvalue weighted by atomic mass is 35.5. The fourth-order valence-corrected chi connectivity index (χ4v) is 4.62. The maximum absolute atomic E-state index is 14.4. The van der Waals surface area contributed by atoms with Crippen LogP contribution in [0, 0.1) is 11.2 Å². The first-order valence-corrected chi connectivity index (χ1v) is 12.0. The Morgan fingerprint density at radius 2 is 1.75 bits per heavy atom. The molecule has 0 radical (unpaired) electrons. The standard InChI is InChI=1S/C26H30ClF4N3O2/c1-32-24(36)20-9-4-16(13-22(20)28)12-19(34(2)3)15-33-23(35)14-21(17-5-7-18(27)8-6-17)25(10-11-25)26(29,30)31/h4-9,13,19,21H,10-12,14-15H2,1-3H3,(H,32,36)(H,33,35). The minimum absolute atomic E-state index is 0.0188. The van der Waals surface area contributed by atoms with Crippen molar-refractivity contribution >= 4 is 23.4 Å². The van der Waals surface area contributed by atoms with Gasteiger partial charge in [0.25, 0.3) is 5.91 Å². The number of benzene rings is 2. The van der Waals surface area contributed by atoms with Crippen molar-refractivity contribution in [3.63, 3.8) is 0 Å². The Labute approximate surface area is 213 Å². The van der Waals surface area contributed by atoms with E-state index in [2.05, 4.69) is 10.6 Å². The Kier molecular flexibility index (Phi) is 8.67. The predicted octanol–water partition coefficient (Wildman–Crippen LogP) is 4.94. The molecule has 1 saturated carbocycles. The van der Waals surface area contributed by atoms with Gasteiger partial charge in [-0.1, -0.05) is 29.8 Å². The van der Waals surface area contributed by atoms with Gasteiger partial charge >= 0.3 is 6.18 Å². The number of halogens is 5. The third-order valence-corrected chi connectivity index (χ3v) is 7.18. The zero-order valence-electron chi connectivity index (χ0n) is 20.4. The quantitative estimate of drug-likeness (QED) is 0.430. The molecule has 2 atom stereocenters. The van der Waals surface area contributed by atoms with Crippen LogP contribution in [0.4, 0.5) is 17.6 Å². The van der Waals surface area contributed by atoms with Crippen molar-refractivity contribution in [3.05, 3.63) is 70.0 Å².